The number of nitrogens with one attached hydrogen (secondary N) is 3. The van der Waals surface area contributed by atoms with Crippen molar-refractivity contribution in [1.82, 2.24) is 20.5 Å². The first-order valence-corrected chi connectivity index (χ1v) is 10.2. The molecule has 0 aromatic carbocycles. The molecular weight excluding hydrogens is 360 g/mol. The molecule has 2 rings (SSSR count). The zero-order chi connectivity index (χ0) is 20.0. The number of carbonyl (C=O) groups is 1. The molecule has 1 saturated heterocycles. The second kappa shape index (κ2) is 9.59. The van der Waals surface area contributed by atoms with Gasteiger partial charge in [-0.1, -0.05) is 6.58 Å². The summed E-state index contributed by atoms with van der Waals surface area (Å²) in [5, 5.41) is 6.25. The normalized spacial score (nSPS) is 20.9. The first-order valence-electron chi connectivity index (χ1n) is 9.24. The molecule has 6 nitrogen and oxygen atoms in total. The van der Waals surface area contributed by atoms with Gasteiger partial charge in [-0.15, -0.1) is 11.8 Å². The number of hydrogen-bond acceptors (Lipinski definition) is 5. The topological polar surface area (TPSA) is 69.4 Å². The molecule has 7 heteroatoms. The summed E-state index contributed by atoms with van der Waals surface area (Å²) in [4.78, 5) is 18.1. The largest absolute Gasteiger partial charge is 0.367 e. The maximum absolute atomic E-state index is 12.7. The average Bonchev–Trinajstić information content (AvgIpc) is 3.14. The third-order valence-electron chi connectivity index (χ3n) is 5.02. The van der Waals surface area contributed by atoms with E-state index in [0.717, 1.165) is 35.7 Å². The minimum atomic E-state index is -0.148. The van der Waals surface area contributed by atoms with Crippen LogP contribution in [-0.4, -0.2) is 58.9 Å². The van der Waals surface area contributed by atoms with E-state index in [9.17, 15) is 4.79 Å². The second-order valence-corrected chi connectivity index (χ2v) is 8.75. The third-order valence-corrected chi connectivity index (χ3v) is 6.44. The Kier molecular flexibility index (Phi) is 7.73. The van der Waals surface area contributed by atoms with Crippen LogP contribution in [0.15, 0.2) is 19.0 Å². The van der Waals surface area contributed by atoms with E-state index in [0.29, 0.717) is 0 Å². The van der Waals surface area contributed by atoms with Gasteiger partial charge >= 0.3 is 0 Å². The summed E-state index contributed by atoms with van der Waals surface area (Å²) in [6.45, 7) is 13.7. The number of aromatic amines is 1. The van der Waals surface area contributed by atoms with Crippen LogP contribution in [-0.2, 0) is 9.53 Å². The quantitative estimate of drug-likeness (QED) is 0.564. The predicted molar refractivity (Wildman–Crippen MR) is 114 cm³/mol. The van der Waals surface area contributed by atoms with E-state index in [1.165, 1.54) is 0 Å². The highest BCUT2D eigenvalue weighted by Crippen LogP contribution is 2.38. The van der Waals surface area contributed by atoms with Crippen molar-refractivity contribution in [2.75, 3.05) is 26.0 Å². The van der Waals surface area contributed by atoms with Crippen molar-refractivity contribution in [1.29, 1.82) is 0 Å². The molecule has 1 aromatic rings. The second-order valence-electron chi connectivity index (χ2n) is 7.13. The van der Waals surface area contributed by atoms with Gasteiger partial charge in [0.15, 0.2) is 0 Å². The van der Waals surface area contributed by atoms with Crippen LogP contribution in [0.1, 0.15) is 37.6 Å². The molecule has 0 radical (unpaired) electrons. The van der Waals surface area contributed by atoms with Crippen molar-refractivity contribution in [3.63, 3.8) is 0 Å². The monoisotopic (exact) mass is 392 g/mol. The first-order chi connectivity index (χ1) is 12.8. The highest BCUT2D eigenvalue weighted by molar-refractivity contribution is 8.00. The number of nitrogens with zero attached hydrogens (tertiary/aromatic N) is 1. The van der Waals surface area contributed by atoms with Crippen molar-refractivity contribution in [3.05, 3.63) is 35.8 Å². The van der Waals surface area contributed by atoms with Crippen LogP contribution in [0.25, 0.3) is 12.2 Å². The van der Waals surface area contributed by atoms with E-state index in [4.69, 9.17) is 4.74 Å². The van der Waals surface area contributed by atoms with E-state index in [1.807, 2.05) is 37.9 Å². The molecule has 1 aromatic heterocycles. The number of rotatable bonds is 9. The van der Waals surface area contributed by atoms with Gasteiger partial charge < -0.3 is 15.0 Å². The Balaban J connectivity index is 1.95. The fourth-order valence-corrected chi connectivity index (χ4v) is 4.45. The standard InChI is InChI=1S/C20H32N4O2S/c1-7-17-14(2)16(12-23-17)8-9-22-19(25)18-13-27-20(4,5)24(18)11-10-21-15(3)26-6/h7-9,12,15,18,21,23H,1,10-11,13H2,2-6H3,(H,22,25)/b9-8-. The molecule has 0 bridgehead atoms. The lowest BCUT2D eigenvalue weighted by Gasteiger charge is -2.34. The molecule has 3 N–H and O–H groups in total. The number of ether oxygens (including phenoxy) is 1. The van der Waals surface area contributed by atoms with E-state index < -0.39 is 0 Å². The molecule has 1 aliphatic heterocycles. The maximum atomic E-state index is 12.7. The Hall–Kier alpha value is -1.54. The van der Waals surface area contributed by atoms with Crippen LogP contribution in [0.2, 0.25) is 0 Å². The fourth-order valence-electron chi connectivity index (χ4n) is 3.17. The molecule has 2 heterocycles. The molecule has 2 unspecified atom stereocenters. The highest BCUT2D eigenvalue weighted by Gasteiger charge is 2.42. The summed E-state index contributed by atoms with van der Waals surface area (Å²) < 4.78 is 5.22. The molecule has 1 fully saturated rings. The summed E-state index contributed by atoms with van der Waals surface area (Å²) in [7, 11) is 1.68. The number of aromatic nitrogens is 1. The fraction of sp³-hybridized carbons (Fsp3) is 0.550. The molecule has 0 aliphatic carbocycles. The minimum Gasteiger partial charge on any atom is -0.367 e. The molecule has 1 aliphatic rings. The Bertz CT molecular complexity index is 684. The number of methoxy groups -OCH3 is 1. The van der Waals surface area contributed by atoms with Gasteiger partial charge in [-0.2, -0.15) is 0 Å². The van der Waals surface area contributed by atoms with Gasteiger partial charge in [-0.05, 0) is 51.0 Å². The highest BCUT2D eigenvalue weighted by atomic mass is 32.2. The van der Waals surface area contributed by atoms with Gasteiger partial charge in [0.05, 0.1) is 10.9 Å². The zero-order valence-corrected chi connectivity index (χ0v) is 17.8. The van der Waals surface area contributed by atoms with Crippen LogP contribution >= 0.6 is 11.8 Å². The minimum absolute atomic E-state index is 0.00336. The number of hydrogen-bond donors (Lipinski definition) is 3. The Morgan fingerprint density at radius 1 is 1.59 bits per heavy atom. The predicted octanol–water partition coefficient (Wildman–Crippen LogP) is 2.79. The maximum Gasteiger partial charge on any atom is 0.242 e. The van der Waals surface area contributed by atoms with Gasteiger partial charge in [-0.25, -0.2) is 0 Å². The van der Waals surface area contributed by atoms with Crippen LogP contribution in [0.5, 0.6) is 0 Å². The van der Waals surface area contributed by atoms with Crippen LogP contribution in [0, 0.1) is 6.92 Å². The van der Waals surface area contributed by atoms with E-state index in [-0.39, 0.29) is 23.0 Å². The van der Waals surface area contributed by atoms with E-state index in [2.05, 4.69) is 40.9 Å². The smallest absolute Gasteiger partial charge is 0.242 e. The third kappa shape index (κ3) is 5.48. The summed E-state index contributed by atoms with van der Waals surface area (Å²) in [6, 6.07) is -0.148. The van der Waals surface area contributed by atoms with Gasteiger partial charge in [0.25, 0.3) is 0 Å². The zero-order valence-electron chi connectivity index (χ0n) is 17.0. The van der Waals surface area contributed by atoms with Gasteiger partial charge in [0.1, 0.15) is 6.23 Å². The Morgan fingerprint density at radius 3 is 2.96 bits per heavy atom. The van der Waals surface area contributed by atoms with Crippen molar-refractivity contribution in [2.45, 2.75) is 44.8 Å². The molecule has 0 spiro atoms. The molecule has 150 valence electrons. The lowest BCUT2D eigenvalue weighted by molar-refractivity contribution is -0.125. The number of thioether (sulfide) groups is 1. The lowest BCUT2D eigenvalue weighted by atomic mass is 10.1. The SMILES string of the molecule is C=Cc1[nH]cc(/C=C\NC(=O)C2CSC(C)(C)N2CCNC(C)OC)c1C. The van der Waals surface area contributed by atoms with Crippen molar-refractivity contribution in [2.24, 2.45) is 0 Å². The summed E-state index contributed by atoms with van der Waals surface area (Å²) in [6.07, 6.45) is 7.35. The summed E-state index contributed by atoms with van der Waals surface area (Å²) in [5.74, 6) is 0.817. The van der Waals surface area contributed by atoms with Gasteiger partial charge in [0.2, 0.25) is 5.91 Å². The van der Waals surface area contributed by atoms with E-state index >= 15 is 0 Å². The lowest BCUT2D eigenvalue weighted by Crippen LogP contribution is -2.51. The molecule has 0 saturated carbocycles. The molecule has 1 amide bonds. The molecular formula is C20H32N4O2S. The number of amides is 1. The number of carbonyl (C=O) groups excluding carboxylic acids is 1. The molecule has 2 atom stereocenters. The van der Waals surface area contributed by atoms with Gasteiger partial charge in [0, 0.05) is 44.0 Å². The van der Waals surface area contributed by atoms with Crippen molar-refractivity contribution < 1.29 is 9.53 Å². The first kappa shape index (κ1) is 21.8. The number of H-pyrrole nitrogens is 1. The van der Waals surface area contributed by atoms with Gasteiger partial charge in [-0.3, -0.25) is 15.0 Å². The van der Waals surface area contributed by atoms with Crippen LogP contribution in [0.4, 0.5) is 0 Å². The van der Waals surface area contributed by atoms with Crippen LogP contribution < -0.4 is 10.6 Å². The van der Waals surface area contributed by atoms with Crippen LogP contribution in [0.3, 0.4) is 0 Å². The summed E-state index contributed by atoms with van der Waals surface area (Å²) >= 11 is 1.81. The van der Waals surface area contributed by atoms with Crippen molar-refractivity contribution >= 4 is 29.8 Å². The Morgan fingerprint density at radius 2 is 2.33 bits per heavy atom. The molecule has 27 heavy (non-hydrogen) atoms. The Labute approximate surface area is 166 Å². The average molecular weight is 393 g/mol. The van der Waals surface area contributed by atoms with E-state index in [1.54, 1.807) is 19.4 Å². The van der Waals surface area contributed by atoms with Crippen molar-refractivity contribution in [3.8, 4) is 0 Å². The summed E-state index contributed by atoms with van der Waals surface area (Å²) in [5.41, 5.74) is 3.16.